The van der Waals surface area contributed by atoms with Crippen LogP contribution in [-0.4, -0.2) is 36.0 Å². The van der Waals surface area contributed by atoms with Gasteiger partial charge in [-0.1, -0.05) is 53.2 Å². The summed E-state index contributed by atoms with van der Waals surface area (Å²) in [6, 6.07) is 9.67. The Morgan fingerprint density at radius 1 is 1.21 bits per heavy atom. The van der Waals surface area contributed by atoms with Crippen molar-refractivity contribution in [3.63, 3.8) is 0 Å². The fourth-order valence-electron chi connectivity index (χ4n) is 2.08. The molecule has 1 rings (SSSR count). The van der Waals surface area contributed by atoms with Gasteiger partial charge in [0, 0.05) is 17.8 Å². The van der Waals surface area contributed by atoms with Crippen LogP contribution in [0.2, 0.25) is 0 Å². The summed E-state index contributed by atoms with van der Waals surface area (Å²) < 4.78 is 37.6. The van der Waals surface area contributed by atoms with Gasteiger partial charge in [-0.25, -0.2) is 0 Å². The van der Waals surface area contributed by atoms with Crippen molar-refractivity contribution in [1.29, 1.82) is 0 Å². The van der Waals surface area contributed by atoms with Crippen LogP contribution >= 0.6 is 15.9 Å². The van der Waals surface area contributed by atoms with Crippen LogP contribution in [0, 0.1) is 0 Å². The minimum atomic E-state index is -4.14. The second-order valence-corrected chi connectivity index (χ2v) is 5.26. The molecular weight excluding hydrogens is 319 g/mol. The number of nitrogens with zero attached hydrogens (tertiary/aromatic N) is 1. The molecule has 0 saturated carbocycles. The average molecular weight is 338 g/mol. The van der Waals surface area contributed by atoms with E-state index in [1.54, 1.807) is 0 Å². The molecule has 0 radical (unpaired) electrons. The Labute approximate surface area is 120 Å². The molecule has 1 atom stereocenters. The van der Waals surface area contributed by atoms with Crippen LogP contribution in [0.4, 0.5) is 13.2 Å². The van der Waals surface area contributed by atoms with Gasteiger partial charge < -0.3 is 0 Å². The minimum absolute atomic E-state index is 0.0788. The van der Waals surface area contributed by atoms with Crippen molar-refractivity contribution in [2.75, 3.05) is 25.0 Å². The Bertz CT molecular complexity index is 353. The third kappa shape index (κ3) is 6.43. The van der Waals surface area contributed by atoms with E-state index >= 15 is 0 Å². The van der Waals surface area contributed by atoms with Crippen molar-refractivity contribution in [1.82, 2.24) is 4.90 Å². The first-order valence-electron chi connectivity index (χ1n) is 6.36. The van der Waals surface area contributed by atoms with Gasteiger partial charge in [0.25, 0.3) is 0 Å². The van der Waals surface area contributed by atoms with Crippen LogP contribution in [-0.2, 0) is 0 Å². The van der Waals surface area contributed by atoms with E-state index in [-0.39, 0.29) is 5.92 Å². The fraction of sp³-hybridized carbons (Fsp3) is 0.571. The van der Waals surface area contributed by atoms with Crippen LogP contribution in [0.5, 0.6) is 0 Å². The standard InChI is InChI=1S/C14H19BrF3N/c1-2-8-19(11-14(16,17)18)10-13(9-15)12-6-4-3-5-7-12/h3-7,13H,2,8-11H2,1H3. The van der Waals surface area contributed by atoms with Gasteiger partial charge in [0.2, 0.25) is 0 Å². The van der Waals surface area contributed by atoms with Gasteiger partial charge in [0.05, 0.1) is 6.54 Å². The van der Waals surface area contributed by atoms with Crippen molar-refractivity contribution < 1.29 is 13.2 Å². The van der Waals surface area contributed by atoms with E-state index < -0.39 is 12.7 Å². The SMILES string of the molecule is CCCN(CC(CBr)c1ccccc1)CC(F)(F)F. The molecule has 0 fully saturated rings. The predicted octanol–water partition coefficient (Wildman–Crippen LogP) is 4.44. The minimum Gasteiger partial charge on any atom is -0.294 e. The zero-order valence-corrected chi connectivity index (χ0v) is 12.5. The maximum Gasteiger partial charge on any atom is 0.401 e. The molecule has 1 aromatic rings. The largest absolute Gasteiger partial charge is 0.401 e. The van der Waals surface area contributed by atoms with Crippen molar-refractivity contribution in [3.05, 3.63) is 35.9 Å². The first kappa shape index (κ1) is 16.5. The summed E-state index contributed by atoms with van der Waals surface area (Å²) >= 11 is 3.40. The van der Waals surface area contributed by atoms with Crippen LogP contribution in [0.1, 0.15) is 24.8 Å². The van der Waals surface area contributed by atoms with Crippen LogP contribution in [0.3, 0.4) is 0 Å². The van der Waals surface area contributed by atoms with Crippen LogP contribution in [0.15, 0.2) is 30.3 Å². The number of rotatable bonds is 7. The van der Waals surface area contributed by atoms with Gasteiger partial charge in [-0.3, -0.25) is 4.90 Å². The lowest BCUT2D eigenvalue weighted by atomic mass is 10.0. The van der Waals surface area contributed by atoms with Gasteiger partial charge in [-0.2, -0.15) is 13.2 Å². The molecular formula is C14H19BrF3N. The highest BCUT2D eigenvalue weighted by Gasteiger charge is 2.31. The lowest BCUT2D eigenvalue weighted by Gasteiger charge is -2.27. The Kier molecular flexibility index (Phi) is 6.86. The monoisotopic (exact) mass is 337 g/mol. The zero-order chi connectivity index (χ0) is 14.3. The van der Waals surface area contributed by atoms with Crippen LogP contribution in [0.25, 0.3) is 0 Å². The van der Waals surface area contributed by atoms with E-state index in [0.717, 1.165) is 12.0 Å². The molecule has 0 aromatic heterocycles. The molecule has 108 valence electrons. The van der Waals surface area contributed by atoms with Gasteiger partial charge in [0.1, 0.15) is 0 Å². The predicted molar refractivity (Wildman–Crippen MR) is 75.8 cm³/mol. The molecule has 0 N–H and O–H groups in total. The number of hydrogen-bond donors (Lipinski definition) is 0. The second-order valence-electron chi connectivity index (χ2n) is 4.61. The Balaban J connectivity index is 2.70. The van der Waals surface area contributed by atoms with Crippen LogP contribution < -0.4 is 0 Å². The first-order chi connectivity index (χ1) is 8.96. The second kappa shape index (κ2) is 7.90. The van der Waals surface area contributed by atoms with E-state index in [1.807, 2.05) is 37.3 Å². The molecule has 0 aliphatic rings. The Morgan fingerprint density at radius 3 is 2.32 bits per heavy atom. The molecule has 0 saturated heterocycles. The number of alkyl halides is 4. The number of halogens is 4. The third-order valence-electron chi connectivity index (χ3n) is 2.88. The third-order valence-corrected chi connectivity index (χ3v) is 3.66. The summed E-state index contributed by atoms with van der Waals surface area (Å²) in [5, 5.41) is 0.662. The van der Waals surface area contributed by atoms with E-state index in [2.05, 4.69) is 15.9 Å². The van der Waals surface area contributed by atoms with E-state index in [4.69, 9.17) is 0 Å². The van der Waals surface area contributed by atoms with Crippen molar-refractivity contribution in [3.8, 4) is 0 Å². The van der Waals surface area contributed by atoms with Gasteiger partial charge in [0.15, 0.2) is 0 Å². The smallest absolute Gasteiger partial charge is 0.294 e. The Morgan fingerprint density at radius 2 is 1.84 bits per heavy atom. The maximum absolute atomic E-state index is 12.5. The highest BCUT2D eigenvalue weighted by atomic mass is 79.9. The summed E-state index contributed by atoms with van der Waals surface area (Å²) in [5.74, 6) is 0.0788. The summed E-state index contributed by atoms with van der Waals surface area (Å²) in [7, 11) is 0. The Hall–Kier alpha value is -0.550. The molecule has 1 aromatic carbocycles. The van der Waals surface area contributed by atoms with Gasteiger partial charge in [-0.15, -0.1) is 0 Å². The first-order valence-corrected chi connectivity index (χ1v) is 7.48. The zero-order valence-electron chi connectivity index (χ0n) is 11.0. The highest BCUT2D eigenvalue weighted by molar-refractivity contribution is 9.09. The summed E-state index contributed by atoms with van der Waals surface area (Å²) in [5.41, 5.74) is 1.07. The maximum atomic E-state index is 12.5. The van der Waals surface area contributed by atoms with Crippen molar-refractivity contribution in [2.45, 2.75) is 25.4 Å². The molecule has 0 amide bonds. The molecule has 19 heavy (non-hydrogen) atoms. The van der Waals surface area contributed by atoms with E-state index in [9.17, 15) is 13.2 Å². The molecule has 0 aliphatic heterocycles. The molecule has 5 heteroatoms. The fourth-order valence-corrected chi connectivity index (χ4v) is 2.66. The molecule has 0 heterocycles. The van der Waals surface area contributed by atoms with Crippen molar-refractivity contribution >= 4 is 15.9 Å². The molecule has 1 unspecified atom stereocenters. The molecule has 1 nitrogen and oxygen atoms in total. The lowest BCUT2D eigenvalue weighted by Crippen LogP contribution is -2.37. The van der Waals surface area contributed by atoms with Gasteiger partial charge in [-0.05, 0) is 18.5 Å². The van der Waals surface area contributed by atoms with Crippen molar-refractivity contribution in [2.24, 2.45) is 0 Å². The van der Waals surface area contributed by atoms with Gasteiger partial charge >= 0.3 is 6.18 Å². The molecule has 0 spiro atoms. The average Bonchev–Trinajstić information content (AvgIpc) is 2.35. The normalized spacial score (nSPS) is 13.8. The quantitative estimate of drug-likeness (QED) is 0.665. The lowest BCUT2D eigenvalue weighted by molar-refractivity contribution is -0.146. The number of hydrogen-bond acceptors (Lipinski definition) is 1. The summed E-state index contributed by atoms with van der Waals surface area (Å²) in [4.78, 5) is 1.49. The summed E-state index contributed by atoms with van der Waals surface area (Å²) in [6.45, 7) is 1.95. The number of benzene rings is 1. The highest BCUT2D eigenvalue weighted by Crippen LogP contribution is 2.22. The topological polar surface area (TPSA) is 3.24 Å². The van der Waals surface area contributed by atoms with E-state index in [1.165, 1.54) is 4.90 Å². The summed E-state index contributed by atoms with van der Waals surface area (Å²) in [6.07, 6.45) is -3.41. The molecule has 0 bridgehead atoms. The van der Waals surface area contributed by atoms with E-state index in [0.29, 0.717) is 18.4 Å². The molecule has 0 aliphatic carbocycles.